The maximum atomic E-state index is 9.55. The Morgan fingerprint density at radius 2 is 1.78 bits per heavy atom. The molecule has 3 heterocycles. The summed E-state index contributed by atoms with van der Waals surface area (Å²) in [6.45, 7) is 4.56. The molecule has 0 saturated heterocycles. The van der Waals surface area contributed by atoms with Gasteiger partial charge in [-0.05, 0) is 23.3 Å². The molecule has 0 unspecified atom stereocenters. The van der Waals surface area contributed by atoms with E-state index in [-0.39, 0.29) is 5.41 Å². The van der Waals surface area contributed by atoms with Crippen molar-refractivity contribution in [2.75, 3.05) is 0 Å². The van der Waals surface area contributed by atoms with E-state index >= 15 is 0 Å². The Hall–Kier alpha value is -1.75. The lowest BCUT2D eigenvalue weighted by molar-refractivity contribution is 0.633. The Bertz CT molecular complexity index is 1090. The van der Waals surface area contributed by atoms with Crippen molar-refractivity contribution in [2.24, 2.45) is 0 Å². The van der Waals surface area contributed by atoms with E-state index < -0.39 is 0 Å². The highest BCUT2D eigenvalue weighted by Gasteiger charge is 2.36. The van der Waals surface area contributed by atoms with E-state index in [2.05, 4.69) is 66.9 Å². The Morgan fingerprint density at radius 3 is 2.61 bits per heavy atom. The van der Waals surface area contributed by atoms with E-state index in [0.717, 1.165) is 16.3 Å². The molecule has 5 rings (SSSR count). The molecule has 4 heteroatoms. The molecule has 0 spiro atoms. The topological polar surface area (TPSA) is 25.2 Å². The number of aromatic nitrogens is 1. The molecular formula is C19H15NOS2. The van der Waals surface area contributed by atoms with Crippen molar-refractivity contribution in [3.8, 4) is 5.00 Å². The van der Waals surface area contributed by atoms with Crippen LogP contribution in [0.5, 0.6) is 0 Å². The highest BCUT2D eigenvalue weighted by Crippen LogP contribution is 2.50. The summed E-state index contributed by atoms with van der Waals surface area (Å²) >= 11 is 2.51. The molecule has 0 bridgehead atoms. The van der Waals surface area contributed by atoms with Crippen molar-refractivity contribution < 1.29 is 4.55 Å². The maximum Gasteiger partial charge on any atom is 0.105 e. The van der Waals surface area contributed by atoms with Crippen LogP contribution in [0, 0.1) is 0 Å². The molecule has 1 aliphatic heterocycles. The van der Waals surface area contributed by atoms with Crippen LogP contribution in [0.2, 0.25) is 0 Å². The molecule has 0 amide bonds. The molecule has 0 saturated carbocycles. The zero-order valence-electron chi connectivity index (χ0n) is 12.8. The third-order valence-corrected chi connectivity index (χ3v) is 6.71. The average molecular weight is 337 g/mol. The molecule has 1 aliphatic rings. The fraction of sp³-hybridized carbons (Fsp3) is 0.158. The first-order valence-corrected chi connectivity index (χ1v) is 9.20. The van der Waals surface area contributed by atoms with Gasteiger partial charge in [-0.1, -0.05) is 50.2 Å². The summed E-state index contributed by atoms with van der Waals surface area (Å²) in [6.07, 6.45) is 0. The first-order valence-electron chi connectivity index (χ1n) is 7.61. The molecule has 2 aromatic carbocycles. The van der Waals surface area contributed by atoms with E-state index in [1.54, 1.807) is 11.3 Å². The fourth-order valence-electron chi connectivity index (χ4n) is 3.90. The van der Waals surface area contributed by atoms with Crippen molar-refractivity contribution in [3.05, 3.63) is 59.7 Å². The summed E-state index contributed by atoms with van der Waals surface area (Å²) in [5, 5.41) is 3.83. The minimum absolute atomic E-state index is 0.0658. The van der Waals surface area contributed by atoms with Gasteiger partial charge in [0, 0.05) is 28.2 Å². The van der Waals surface area contributed by atoms with Crippen LogP contribution in [-0.2, 0) is 5.41 Å². The van der Waals surface area contributed by atoms with E-state index in [1.807, 2.05) is 0 Å². The van der Waals surface area contributed by atoms with Crippen molar-refractivity contribution >= 4 is 45.2 Å². The van der Waals surface area contributed by atoms with Gasteiger partial charge in [-0.2, -0.15) is 0 Å². The second kappa shape index (κ2) is 4.41. The first-order chi connectivity index (χ1) is 11.1. The second-order valence-corrected chi connectivity index (χ2v) is 8.47. The molecule has 4 aromatic rings. The van der Waals surface area contributed by atoms with Gasteiger partial charge < -0.3 is 9.12 Å². The standard InChI is InChI=1S/C19H15NOS2/c1-19(2)13-8-5-7-12-11-6-3-4-9-15(11)20(17(12)13)18-14(19)10-16(22-18)23-21/h3-10,21H,1-2H3. The first kappa shape index (κ1) is 13.7. The smallest absolute Gasteiger partial charge is 0.105 e. The summed E-state index contributed by atoms with van der Waals surface area (Å²) in [5.74, 6) is 0. The normalized spacial score (nSPS) is 15.3. The van der Waals surface area contributed by atoms with E-state index in [1.165, 1.54) is 37.9 Å². The Morgan fingerprint density at radius 1 is 1.00 bits per heavy atom. The van der Waals surface area contributed by atoms with Crippen molar-refractivity contribution in [3.63, 3.8) is 0 Å². The van der Waals surface area contributed by atoms with Crippen molar-refractivity contribution in [1.29, 1.82) is 0 Å². The minimum atomic E-state index is -0.0658. The van der Waals surface area contributed by atoms with Crippen LogP contribution < -0.4 is 0 Å². The molecule has 0 aliphatic carbocycles. The molecule has 114 valence electrons. The lowest BCUT2D eigenvalue weighted by atomic mass is 9.76. The molecule has 23 heavy (non-hydrogen) atoms. The van der Waals surface area contributed by atoms with Gasteiger partial charge >= 0.3 is 0 Å². The number of thiophene rings is 1. The number of para-hydroxylation sites is 2. The highest BCUT2D eigenvalue weighted by atomic mass is 32.2. The van der Waals surface area contributed by atoms with E-state index in [9.17, 15) is 4.55 Å². The van der Waals surface area contributed by atoms with Crippen LogP contribution in [0.4, 0.5) is 0 Å². The number of benzene rings is 2. The van der Waals surface area contributed by atoms with Gasteiger partial charge in [-0.25, -0.2) is 0 Å². The predicted molar refractivity (Wildman–Crippen MR) is 99.3 cm³/mol. The maximum absolute atomic E-state index is 9.55. The Kier molecular flexibility index (Phi) is 2.62. The largest absolute Gasteiger partial charge is 0.325 e. The summed E-state index contributed by atoms with van der Waals surface area (Å²) in [7, 11) is 0. The van der Waals surface area contributed by atoms with E-state index in [0.29, 0.717) is 0 Å². The minimum Gasteiger partial charge on any atom is -0.325 e. The number of fused-ring (bicyclic) bond motifs is 5. The molecule has 2 aromatic heterocycles. The third kappa shape index (κ3) is 1.58. The van der Waals surface area contributed by atoms with Gasteiger partial charge in [0.1, 0.15) is 5.00 Å². The van der Waals surface area contributed by atoms with Crippen molar-refractivity contribution in [2.45, 2.75) is 23.5 Å². The van der Waals surface area contributed by atoms with Gasteiger partial charge in [0.05, 0.1) is 15.2 Å². The van der Waals surface area contributed by atoms with Crippen LogP contribution >= 0.6 is 23.4 Å². The third-order valence-electron chi connectivity index (χ3n) is 5.02. The van der Waals surface area contributed by atoms with Crippen LogP contribution in [0.3, 0.4) is 0 Å². The van der Waals surface area contributed by atoms with Crippen molar-refractivity contribution in [1.82, 2.24) is 4.57 Å². The lowest BCUT2D eigenvalue weighted by Crippen LogP contribution is -2.24. The summed E-state index contributed by atoms with van der Waals surface area (Å²) < 4.78 is 12.9. The Labute approximate surface area is 142 Å². The van der Waals surface area contributed by atoms with Gasteiger partial charge in [0.2, 0.25) is 0 Å². The molecular weight excluding hydrogens is 322 g/mol. The van der Waals surface area contributed by atoms with Crippen LogP contribution in [0.25, 0.3) is 26.8 Å². The molecule has 2 nitrogen and oxygen atoms in total. The molecule has 1 N–H and O–H groups in total. The van der Waals surface area contributed by atoms with Gasteiger partial charge in [-0.15, -0.1) is 11.3 Å². The second-order valence-electron chi connectivity index (χ2n) is 6.55. The van der Waals surface area contributed by atoms with Crippen LogP contribution in [0.1, 0.15) is 25.0 Å². The average Bonchev–Trinajstić information content (AvgIpc) is 3.13. The molecule has 0 atom stereocenters. The summed E-state index contributed by atoms with van der Waals surface area (Å²) in [6, 6.07) is 17.3. The van der Waals surface area contributed by atoms with E-state index in [4.69, 9.17) is 0 Å². The number of hydrogen-bond acceptors (Lipinski definition) is 3. The summed E-state index contributed by atoms with van der Waals surface area (Å²) in [4.78, 5) is 0. The number of hydrogen-bond donors (Lipinski definition) is 1. The van der Waals surface area contributed by atoms with Gasteiger partial charge in [0.25, 0.3) is 0 Å². The molecule has 0 radical (unpaired) electrons. The highest BCUT2D eigenvalue weighted by molar-refractivity contribution is 7.95. The van der Waals surface area contributed by atoms with Gasteiger partial charge in [-0.3, -0.25) is 0 Å². The number of nitrogens with zero attached hydrogens (tertiary/aromatic N) is 1. The lowest BCUT2D eigenvalue weighted by Gasteiger charge is -2.32. The van der Waals surface area contributed by atoms with Crippen LogP contribution in [0.15, 0.2) is 52.7 Å². The fourth-order valence-corrected chi connectivity index (χ4v) is 5.53. The van der Waals surface area contributed by atoms with Gasteiger partial charge in [0.15, 0.2) is 0 Å². The quantitative estimate of drug-likeness (QED) is 0.428. The predicted octanol–water partition coefficient (Wildman–Crippen LogP) is 6.05. The Balaban J connectivity index is 2.08. The number of rotatable bonds is 1. The zero-order chi connectivity index (χ0) is 15.8. The summed E-state index contributed by atoms with van der Waals surface area (Å²) in [5.41, 5.74) is 5.13. The van der Waals surface area contributed by atoms with Crippen LogP contribution in [-0.4, -0.2) is 9.12 Å². The monoisotopic (exact) mass is 337 g/mol. The SMILES string of the molecule is CC1(C)c2cc(SO)sc2-n2c3ccccc3c3cccc1c32. The molecule has 0 fully saturated rings. The zero-order valence-corrected chi connectivity index (χ0v) is 14.5.